The predicted octanol–water partition coefficient (Wildman–Crippen LogP) is 5.28. The highest BCUT2D eigenvalue weighted by Gasteiger charge is 2.38. The summed E-state index contributed by atoms with van der Waals surface area (Å²) in [5.74, 6) is -1.09. The van der Waals surface area contributed by atoms with Gasteiger partial charge in [0.15, 0.2) is 11.5 Å². The summed E-state index contributed by atoms with van der Waals surface area (Å²) in [6.07, 6.45) is -2.87. The standard InChI is InChI=1S/C30H26F4N4O4/c1-41-26-10-5-19(13-27(26)42-2)15-35-28(39)20-6-3-18(4-7-20)16-37-12-11-25-22(17-37)29(40)38(36-25)21-8-9-24(31)23(14-21)30(32,33)34/h3-10,13-14,17H,11-12,15-16H2,1-2H3,(H,35,39). The molecule has 0 saturated carbocycles. The monoisotopic (exact) mass is 582 g/mol. The molecule has 3 aromatic rings. The third-order valence-electron chi connectivity index (χ3n) is 6.90. The maximum Gasteiger partial charge on any atom is 0.419 e. The van der Waals surface area contributed by atoms with Crippen LogP contribution in [0.5, 0.6) is 11.5 Å². The lowest BCUT2D eigenvalue weighted by atomic mass is 10.0. The average molecular weight is 583 g/mol. The summed E-state index contributed by atoms with van der Waals surface area (Å²) in [5, 5.41) is 7.95. The number of hydrazone groups is 1. The molecule has 0 spiro atoms. The Labute approximate surface area is 238 Å². The van der Waals surface area contributed by atoms with Gasteiger partial charge in [-0.15, -0.1) is 0 Å². The highest BCUT2D eigenvalue weighted by molar-refractivity contribution is 6.30. The normalized spacial score (nSPS) is 14.8. The quantitative estimate of drug-likeness (QED) is 0.366. The number of carbonyl (C=O) groups is 2. The van der Waals surface area contributed by atoms with E-state index >= 15 is 0 Å². The lowest BCUT2D eigenvalue weighted by Crippen LogP contribution is -2.29. The van der Waals surface area contributed by atoms with Gasteiger partial charge in [-0.1, -0.05) is 18.2 Å². The minimum absolute atomic E-state index is 0.164. The van der Waals surface area contributed by atoms with Crippen molar-refractivity contribution >= 4 is 23.2 Å². The molecule has 0 saturated heterocycles. The molecule has 0 fully saturated rings. The van der Waals surface area contributed by atoms with E-state index in [9.17, 15) is 27.2 Å². The molecular formula is C30H26F4N4O4. The lowest BCUT2D eigenvalue weighted by molar-refractivity contribution is -0.140. The molecule has 12 heteroatoms. The fraction of sp³-hybridized carbons (Fsp3) is 0.233. The van der Waals surface area contributed by atoms with Gasteiger partial charge in [0, 0.05) is 37.8 Å². The molecule has 218 valence electrons. The average Bonchev–Trinajstić information content (AvgIpc) is 3.31. The number of nitrogens with one attached hydrogen (secondary N) is 1. The van der Waals surface area contributed by atoms with Crippen LogP contribution in [0.15, 0.2) is 77.5 Å². The first kappa shape index (κ1) is 28.7. The van der Waals surface area contributed by atoms with Crippen LogP contribution in [0.1, 0.15) is 33.5 Å². The number of nitrogens with zero attached hydrogens (tertiary/aromatic N) is 3. The summed E-state index contributed by atoms with van der Waals surface area (Å²) >= 11 is 0. The third-order valence-corrected chi connectivity index (χ3v) is 6.90. The zero-order valence-corrected chi connectivity index (χ0v) is 22.7. The van der Waals surface area contributed by atoms with Crippen LogP contribution in [0.25, 0.3) is 0 Å². The number of hydrogen-bond acceptors (Lipinski definition) is 6. The molecule has 0 radical (unpaired) electrons. The molecule has 2 heterocycles. The summed E-state index contributed by atoms with van der Waals surface area (Å²) in [5.41, 5.74) is 1.31. The second-order valence-electron chi connectivity index (χ2n) is 9.66. The highest BCUT2D eigenvalue weighted by atomic mass is 19.4. The molecule has 42 heavy (non-hydrogen) atoms. The number of anilines is 1. The van der Waals surface area contributed by atoms with Crippen molar-refractivity contribution < 1.29 is 36.6 Å². The maximum atomic E-state index is 13.7. The molecule has 5 rings (SSSR count). The van der Waals surface area contributed by atoms with Gasteiger partial charge < -0.3 is 19.7 Å². The smallest absolute Gasteiger partial charge is 0.419 e. The zero-order valence-electron chi connectivity index (χ0n) is 22.7. The number of hydrogen-bond donors (Lipinski definition) is 1. The van der Waals surface area contributed by atoms with E-state index < -0.39 is 23.5 Å². The molecule has 2 aliphatic heterocycles. The van der Waals surface area contributed by atoms with E-state index in [1.807, 2.05) is 23.1 Å². The van der Waals surface area contributed by atoms with Crippen molar-refractivity contribution in [1.29, 1.82) is 0 Å². The minimum atomic E-state index is -4.90. The Morgan fingerprint density at radius 2 is 1.69 bits per heavy atom. The van der Waals surface area contributed by atoms with Gasteiger partial charge in [-0.25, -0.2) is 4.39 Å². The fourth-order valence-corrected chi connectivity index (χ4v) is 4.70. The van der Waals surface area contributed by atoms with Crippen molar-refractivity contribution in [2.45, 2.75) is 25.7 Å². The zero-order chi connectivity index (χ0) is 30.0. The fourth-order valence-electron chi connectivity index (χ4n) is 4.70. The van der Waals surface area contributed by atoms with Crippen molar-refractivity contribution in [3.63, 3.8) is 0 Å². The van der Waals surface area contributed by atoms with E-state index in [0.717, 1.165) is 22.2 Å². The van der Waals surface area contributed by atoms with Crippen molar-refractivity contribution in [3.8, 4) is 11.5 Å². The number of methoxy groups -OCH3 is 2. The Hall–Kier alpha value is -4.87. The second-order valence-corrected chi connectivity index (χ2v) is 9.66. The number of ether oxygens (including phenoxy) is 2. The van der Waals surface area contributed by atoms with E-state index in [1.165, 1.54) is 0 Å². The van der Waals surface area contributed by atoms with Crippen LogP contribution in [-0.4, -0.2) is 43.2 Å². The van der Waals surface area contributed by atoms with E-state index in [2.05, 4.69) is 10.4 Å². The number of fused-ring (bicyclic) bond motifs is 1. The third kappa shape index (κ3) is 5.92. The Bertz CT molecular complexity index is 1590. The summed E-state index contributed by atoms with van der Waals surface area (Å²) in [7, 11) is 3.09. The van der Waals surface area contributed by atoms with Crippen LogP contribution in [0.4, 0.5) is 23.2 Å². The van der Waals surface area contributed by atoms with Crippen LogP contribution in [0.2, 0.25) is 0 Å². The number of halogens is 4. The van der Waals surface area contributed by atoms with Gasteiger partial charge in [0.2, 0.25) is 0 Å². The molecule has 2 aliphatic rings. The molecule has 0 aromatic heterocycles. The van der Waals surface area contributed by atoms with E-state index in [0.29, 0.717) is 61.0 Å². The van der Waals surface area contributed by atoms with Crippen molar-refractivity contribution in [2.75, 3.05) is 25.8 Å². The molecule has 8 nitrogen and oxygen atoms in total. The minimum Gasteiger partial charge on any atom is -0.493 e. The molecule has 2 amide bonds. The second kappa shape index (κ2) is 11.6. The number of alkyl halides is 3. The van der Waals surface area contributed by atoms with Crippen molar-refractivity contribution in [1.82, 2.24) is 10.2 Å². The Balaban J connectivity index is 1.21. The van der Waals surface area contributed by atoms with E-state index in [1.54, 1.807) is 44.7 Å². The van der Waals surface area contributed by atoms with Crippen molar-refractivity contribution in [3.05, 3.63) is 101 Å². The van der Waals surface area contributed by atoms with Gasteiger partial charge in [-0.2, -0.15) is 23.3 Å². The number of benzene rings is 3. The van der Waals surface area contributed by atoms with Gasteiger partial charge in [0.1, 0.15) is 5.82 Å². The summed E-state index contributed by atoms with van der Waals surface area (Å²) in [4.78, 5) is 27.6. The molecule has 1 N–H and O–H groups in total. The summed E-state index contributed by atoms with van der Waals surface area (Å²) < 4.78 is 63.7. The summed E-state index contributed by atoms with van der Waals surface area (Å²) in [6.45, 7) is 1.26. The molecule has 0 unspecified atom stereocenters. The van der Waals surface area contributed by atoms with Crippen LogP contribution >= 0.6 is 0 Å². The molecule has 3 aromatic carbocycles. The first-order valence-corrected chi connectivity index (χ1v) is 12.9. The van der Waals surface area contributed by atoms with Gasteiger partial charge in [-0.05, 0) is 53.6 Å². The topological polar surface area (TPSA) is 83.5 Å². The predicted molar refractivity (Wildman–Crippen MR) is 147 cm³/mol. The van der Waals surface area contributed by atoms with Gasteiger partial charge in [0.05, 0.1) is 36.8 Å². The largest absolute Gasteiger partial charge is 0.493 e. The first-order valence-electron chi connectivity index (χ1n) is 12.9. The van der Waals surface area contributed by atoms with Crippen LogP contribution in [0, 0.1) is 5.82 Å². The van der Waals surface area contributed by atoms with E-state index in [4.69, 9.17) is 9.47 Å². The van der Waals surface area contributed by atoms with Crippen LogP contribution in [-0.2, 0) is 24.1 Å². The molecule has 0 bridgehead atoms. The van der Waals surface area contributed by atoms with Gasteiger partial charge >= 0.3 is 6.18 Å². The molecule has 0 aliphatic carbocycles. The SMILES string of the molecule is COc1ccc(CNC(=O)c2ccc(CN3C=C4C(=O)N(c5ccc(F)c(C(F)(F)F)c5)N=C4CC3)cc2)cc1OC. The van der Waals surface area contributed by atoms with Crippen LogP contribution in [0.3, 0.4) is 0 Å². The van der Waals surface area contributed by atoms with Crippen molar-refractivity contribution in [2.24, 2.45) is 5.10 Å². The Morgan fingerprint density at radius 3 is 2.38 bits per heavy atom. The Morgan fingerprint density at radius 1 is 0.976 bits per heavy atom. The van der Waals surface area contributed by atoms with Crippen LogP contribution < -0.4 is 19.8 Å². The number of carbonyl (C=O) groups excluding carboxylic acids is 2. The van der Waals surface area contributed by atoms with E-state index in [-0.39, 0.29) is 17.2 Å². The Kier molecular flexibility index (Phi) is 7.88. The first-order chi connectivity index (χ1) is 20.1. The number of amides is 2. The molecular weight excluding hydrogens is 556 g/mol. The van der Waals surface area contributed by atoms with Gasteiger partial charge in [0.25, 0.3) is 11.8 Å². The number of rotatable bonds is 8. The highest BCUT2D eigenvalue weighted by Crippen LogP contribution is 2.36. The maximum absolute atomic E-state index is 13.7. The lowest BCUT2D eigenvalue weighted by Gasteiger charge is -2.25. The summed E-state index contributed by atoms with van der Waals surface area (Å²) in [6, 6.07) is 14.8. The molecule has 0 atom stereocenters. The van der Waals surface area contributed by atoms with Gasteiger partial charge in [-0.3, -0.25) is 9.59 Å².